The van der Waals surface area contributed by atoms with Gasteiger partial charge in [0, 0.05) is 43.2 Å². The van der Waals surface area contributed by atoms with Gasteiger partial charge in [0.1, 0.15) is 0 Å². The Morgan fingerprint density at radius 3 is 2.55 bits per heavy atom. The zero-order valence-corrected chi connectivity index (χ0v) is 18.0. The number of aryl methyl sites for hydroxylation is 1. The Morgan fingerprint density at radius 2 is 1.76 bits per heavy atom. The molecule has 0 spiro atoms. The van der Waals surface area contributed by atoms with Crippen LogP contribution in [0.3, 0.4) is 0 Å². The van der Waals surface area contributed by atoms with Crippen molar-refractivity contribution >= 4 is 23.4 Å². The molecule has 29 heavy (non-hydrogen) atoms. The number of ether oxygens (including phenoxy) is 2. The molecule has 2 heterocycles. The third kappa shape index (κ3) is 4.64. The highest BCUT2D eigenvalue weighted by Crippen LogP contribution is 2.34. The van der Waals surface area contributed by atoms with Gasteiger partial charge in [0.2, 0.25) is 5.91 Å². The molecule has 1 amide bonds. The number of carbonyl (C=O) groups is 1. The first-order valence-corrected chi connectivity index (χ1v) is 11.2. The minimum absolute atomic E-state index is 0.197. The smallest absolute Gasteiger partial charge is 0.233 e. The summed E-state index contributed by atoms with van der Waals surface area (Å²) in [7, 11) is 0. The van der Waals surface area contributed by atoms with E-state index in [2.05, 4.69) is 36.9 Å². The molecule has 0 aromatic heterocycles. The fourth-order valence-electron chi connectivity index (χ4n) is 3.74. The molecule has 0 N–H and O–H groups in total. The van der Waals surface area contributed by atoms with Gasteiger partial charge in [-0.15, -0.1) is 11.8 Å². The Bertz CT molecular complexity index is 878. The predicted octanol–water partition coefficient (Wildman–Crippen LogP) is 3.91. The molecule has 5 nitrogen and oxygen atoms in total. The second-order valence-corrected chi connectivity index (χ2v) is 8.58. The predicted molar refractivity (Wildman–Crippen MR) is 117 cm³/mol. The van der Waals surface area contributed by atoms with Crippen LogP contribution < -0.4 is 14.4 Å². The molecule has 6 heteroatoms. The van der Waals surface area contributed by atoms with E-state index in [-0.39, 0.29) is 5.91 Å². The number of fused-ring (bicyclic) bond motifs is 1. The molecule has 154 valence electrons. The second kappa shape index (κ2) is 8.99. The molecule has 0 bridgehead atoms. The highest BCUT2D eigenvalue weighted by Gasteiger charge is 2.22. The van der Waals surface area contributed by atoms with Crippen LogP contribution in [-0.2, 0) is 4.79 Å². The summed E-state index contributed by atoms with van der Waals surface area (Å²) in [4.78, 5) is 18.1. The number of thioether (sulfide) groups is 1. The highest BCUT2D eigenvalue weighted by atomic mass is 32.2. The van der Waals surface area contributed by atoms with Gasteiger partial charge < -0.3 is 19.3 Å². The van der Waals surface area contributed by atoms with Crippen molar-refractivity contribution in [2.24, 2.45) is 0 Å². The zero-order chi connectivity index (χ0) is 20.2. The Morgan fingerprint density at radius 1 is 1.00 bits per heavy atom. The number of carbonyl (C=O) groups excluding carboxylic acids is 1. The van der Waals surface area contributed by atoms with E-state index in [1.54, 1.807) is 11.8 Å². The van der Waals surface area contributed by atoms with Crippen molar-refractivity contribution in [2.75, 3.05) is 50.0 Å². The van der Waals surface area contributed by atoms with Gasteiger partial charge in [-0.2, -0.15) is 0 Å². The van der Waals surface area contributed by atoms with Gasteiger partial charge in [-0.3, -0.25) is 4.79 Å². The number of amides is 1. The number of benzene rings is 2. The van der Waals surface area contributed by atoms with Crippen molar-refractivity contribution in [3.63, 3.8) is 0 Å². The lowest BCUT2D eigenvalue weighted by molar-refractivity contribution is -0.128. The normalized spacial score (nSPS) is 16.5. The van der Waals surface area contributed by atoms with E-state index in [0.29, 0.717) is 19.0 Å². The Kier molecular flexibility index (Phi) is 6.19. The maximum absolute atomic E-state index is 12.7. The van der Waals surface area contributed by atoms with Gasteiger partial charge in [-0.25, -0.2) is 0 Å². The van der Waals surface area contributed by atoms with Gasteiger partial charge in [0.05, 0.1) is 19.0 Å². The summed E-state index contributed by atoms with van der Waals surface area (Å²) in [6.45, 7) is 8.98. The minimum Gasteiger partial charge on any atom is -0.490 e. The fourth-order valence-corrected chi connectivity index (χ4v) is 4.57. The lowest BCUT2D eigenvalue weighted by Crippen LogP contribution is -2.49. The fraction of sp³-hybridized carbons (Fsp3) is 0.435. The minimum atomic E-state index is 0.197. The molecular weight excluding hydrogens is 384 g/mol. The molecule has 2 aromatic carbocycles. The van der Waals surface area contributed by atoms with Crippen LogP contribution in [0.25, 0.3) is 0 Å². The molecule has 0 aliphatic carbocycles. The molecule has 0 atom stereocenters. The molecule has 2 aromatic rings. The standard InChI is InChI=1S/C23H28N2O3S/c1-17-5-3-6-20(18(17)2)24-9-11-25(12-10-24)23(26)16-29-19-7-8-21-22(15-19)28-14-4-13-27-21/h3,5-8,15H,4,9-14,16H2,1-2H3. The Hall–Kier alpha value is -2.34. The van der Waals surface area contributed by atoms with E-state index in [1.807, 2.05) is 23.1 Å². The van der Waals surface area contributed by atoms with Gasteiger partial charge in [-0.05, 0) is 49.2 Å². The summed E-state index contributed by atoms with van der Waals surface area (Å²) in [6, 6.07) is 12.4. The van der Waals surface area contributed by atoms with Crippen LogP contribution in [0.5, 0.6) is 11.5 Å². The number of hydrogen-bond acceptors (Lipinski definition) is 5. The van der Waals surface area contributed by atoms with E-state index in [1.165, 1.54) is 16.8 Å². The maximum Gasteiger partial charge on any atom is 0.233 e. The van der Waals surface area contributed by atoms with Crippen LogP contribution in [-0.4, -0.2) is 56.0 Å². The van der Waals surface area contributed by atoms with Crippen molar-refractivity contribution in [2.45, 2.75) is 25.2 Å². The summed E-state index contributed by atoms with van der Waals surface area (Å²) >= 11 is 1.56. The van der Waals surface area contributed by atoms with Crippen molar-refractivity contribution in [1.29, 1.82) is 0 Å². The average Bonchev–Trinajstić information content (AvgIpc) is 2.99. The lowest BCUT2D eigenvalue weighted by atomic mass is 10.1. The van der Waals surface area contributed by atoms with E-state index in [9.17, 15) is 4.79 Å². The molecule has 2 aliphatic rings. The van der Waals surface area contributed by atoms with Crippen molar-refractivity contribution in [3.8, 4) is 11.5 Å². The Balaban J connectivity index is 1.30. The summed E-state index contributed by atoms with van der Waals surface area (Å²) in [6.07, 6.45) is 0.893. The lowest BCUT2D eigenvalue weighted by Gasteiger charge is -2.37. The first-order chi connectivity index (χ1) is 14.1. The molecule has 2 aliphatic heterocycles. The summed E-state index contributed by atoms with van der Waals surface area (Å²) in [5, 5.41) is 0. The molecule has 0 unspecified atom stereocenters. The zero-order valence-electron chi connectivity index (χ0n) is 17.1. The maximum atomic E-state index is 12.7. The van der Waals surface area contributed by atoms with Crippen LogP contribution in [0.15, 0.2) is 41.3 Å². The van der Waals surface area contributed by atoms with Crippen LogP contribution in [0.2, 0.25) is 0 Å². The summed E-state index contributed by atoms with van der Waals surface area (Å²) in [5.41, 5.74) is 3.93. The number of hydrogen-bond donors (Lipinski definition) is 0. The third-order valence-corrected chi connectivity index (χ3v) is 6.61. The van der Waals surface area contributed by atoms with E-state index in [0.717, 1.165) is 49.0 Å². The van der Waals surface area contributed by atoms with Crippen molar-refractivity contribution in [3.05, 3.63) is 47.5 Å². The number of rotatable bonds is 4. The van der Waals surface area contributed by atoms with Crippen LogP contribution in [0.4, 0.5) is 5.69 Å². The summed E-state index contributed by atoms with van der Waals surface area (Å²) in [5.74, 6) is 2.22. The third-order valence-electron chi connectivity index (χ3n) is 5.63. The molecule has 0 saturated carbocycles. The SMILES string of the molecule is Cc1cccc(N2CCN(C(=O)CSc3ccc4c(c3)OCCCO4)CC2)c1C. The molecule has 1 saturated heterocycles. The van der Waals surface area contributed by atoms with E-state index < -0.39 is 0 Å². The topological polar surface area (TPSA) is 42.0 Å². The number of nitrogens with zero attached hydrogens (tertiary/aromatic N) is 2. The summed E-state index contributed by atoms with van der Waals surface area (Å²) < 4.78 is 11.4. The monoisotopic (exact) mass is 412 g/mol. The highest BCUT2D eigenvalue weighted by molar-refractivity contribution is 8.00. The Labute approximate surface area is 177 Å². The van der Waals surface area contributed by atoms with Crippen LogP contribution in [0, 0.1) is 13.8 Å². The van der Waals surface area contributed by atoms with Crippen molar-refractivity contribution < 1.29 is 14.3 Å². The van der Waals surface area contributed by atoms with Gasteiger partial charge in [0.15, 0.2) is 11.5 Å². The van der Waals surface area contributed by atoms with Crippen LogP contribution in [0.1, 0.15) is 17.5 Å². The van der Waals surface area contributed by atoms with Gasteiger partial charge in [0.25, 0.3) is 0 Å². The van der Waals surface area contributed by atoms with Crippen LogP contribution >= 0.6 is 11.8 Å². The number of piperazine rings is 1. The average molecular weight is 413 g/mol. The van der Waals surface area contributed by atoms with Gasteiger partial charge >= 0.3 is 0 Å². The molecule has 4 rings (SSSR count). The van der Waals surface area contributed by atoms with Crippen molar-refractivity contribution in [1.82, 2.24) is 4.90 Å². The largest absolute Gasteiger partial charge is 0.490 e. The van der Waals surface area contributed by atoms with Gasteiger partial charge in [-0.1, -0.05) is 12.1 Å². The number of anilines is 1. The first-order valence-electron chi connectivity index (χ1n) is 10.2. The first kappa shape index (κ1) is 20.0. The van der Waals surface area contributed by atoms with E-state index >= 15 is 0 Å². The second-order valence-electron chi connectivity index (χ2n) is 7.53. The quantitative estimate of drug-likeness (QED) is 0.713. The molecular formula is C23H28N2O3S. The molecule has 1 fully saturated rings. The van der Waals surface area contributed by atoms with E-state index in [4.69, 9.17) is 9.47 Å². The molecule has 0 radical (unpaired) electrons.